The van der Waals surface area contributed by atoms with E-state index in [-0.39, 0.29) is 10.8 Å². The zero-order chi connectivity index (χ0) is 26.2. The van der Waals surface area contributed by atoms with Crippen LogP contribution in [0.1, 0.15) is 134 Å². The van der Waals surface area contributed by atoms with Gasteiger partial charge in [-0.15, -0.1) is 0 Å². The Kier molecular flexibility index (Phi) is 10.7. The van der Waals surface area contributed by atoms with Gasteiger partial charge in [-0.25, -0.2) is 0 Å². The number of unbranched alkanes of at least 4 members (excludes halogenated alkanes) is 4. The highest BCUT2D eigenvalue weighted by Crippen LogP contribution is 2.36. The standard InChI is InChI=1S/C33H52O2/c1-9-16-26-20-24(22-28(30(26)34)32(3,4)5)18-14-12-11-13-15-19-25-21-27(17-10-2)31(35)29(23-25)33(6,7)8/h20-23,34-35H,9-19H2,1-8H3. The van der Waals surface area contributed by atoms with Gasteiger partial charge in [-0.3, -0.25) is 0 Å². The summed E-state index contributed by atoms with van der Waals surface area (Å²) in [6.07, 6.45) is 12.3. The summed E-state index contributed by atoms with van der Waals surface area (Å²) in [6, 6.07) is 8.94. The maximum atomic E-state index is 10.8. The van der Waals surface area contributed by atoms with E-state index in [1.165, 1.54) is 43.2 Å². The number of benzene rings is 2. The summed E-state index contributed by atoms with van der Waals surface area (Å²) < 4.78 is 0. The lowest BCUT2D eigenvalue weighted by atomic mass is 9.82. The molecule has 0 atom stereocenters. The Morgan fingerprint density at radius 3 is 1.17 bits per heavy atom. The zero-order valence-corrected chi connectivity index (χ0v) is 24.0. The van der Waals surface area contributed by atoms with Crippen molar-refractivity contribution in [2.24, 2.45) is 0 Å². The first-order valence-corrected chi connectivity index (χ1v) is 14.1. The number of phenols is 2. The molecule has 2 aromatic carbocycles. The number of phenolic OH excluding ortho intramolecular Hbond substituents is 2. The molecule has 0 saturated carbocycles. The predicted molar refractivity (Wildman–Crippen MR) is 152 cm³/mol. The SMILES string of the molecule is CCCc1cc(CCCCCCCc2cc(CCC)c(O)c(C(C)(C)C)c2)cc(C(C)(C)C)c1O. The van der Waals surface area contributed by atoms with Crippen molar-refractivity contribution in [1.29, 1.82) is 0 Å². The summed E-state index contributed by atoms with van der Waals surface area (Å²) in [5.41, 5.74) is 7.06. The fourth-order valence-electron chi connectivity index (χ4n) is 5.06. The van der Waals surface area contributed by atoms with Crippen LogP contribution in [-0.4, -0.2) is 10.2 Å². The fourth-order valence-corrected chi connectivity index (χ4v) is 5.06. The highest BCUT2D eigenvalue weighted by molar-refractivity contribution is 5.48. The normalized spacial score (nSPS) is 12.3. The smallest absolute Gasteiger partial charge is 0.122 e. The first kappa shape index (κ1) is 29.3. The Morgan fingerprint density at radius 1 is 0.514 bits per heavy atom. The third kappa shape index (κ3) is 8.58. The lowest BCUT2D eigenvalue weighted by Gasteiger charge is -2.23. The Labute approximate surface area is 216 Å². The van der Waals surface area contributed by atoms with Gasteiger partial charge in [-0.05, 0) is 82.7 Å². The van der Waals surface area contributed by atoms with E-state index in [1.807, 2.05) is 0 Å². The third-order valence-electron chi connectivity index (χ3n) is 7.08. The van der Waals surface area contributed by atoms with Crippen LogP contribution in [0.3, 0.4) is 0 Å². The molecule has 0 aromatic heterocycles. The van der Waals surface area contributed by atoms with Crippen LogP contribution in [0.2, 0.25) is 0 Å². The average Bonchev–Trinajstić information content (AvgIpc) is 2.75. The van der Waals surface area contributed by atoms with Crippen LogP contribution in [0.5, 0.6) is 11.5 Å². The van der Waals surface area contributed by atoms with E-state index >= 15 is 0 Å². The molecule has 196 valence electrons. The Bertz CT molecular complexity index is 864. The van der Waals surface area contributed by atoms with Gasteiger partial charge in [0.15, 0.2) is 0 Å². The zero-order valence-electron chi connectivity index (χ0n) is 24.0. The summed E-state index contributed by atoms with van der Waals surface area (Å²) >= 11 is 0. The largest absolute Gasteiger partial charge is 0.507 e. The molecule has 0 aliphatic heterocycles. The molecule has 2 aromatic rings. The van der Waals surface area contributed by atoms with Gasteiger partial charge in [-0.2, -0.15) is 0 Å². The van der Waals surface area contributed by atoms with Crippen molar-refractivity contribution >= 4 is 0 Å². The van der Waals surface area contributed by atoms with Gasteiger partial charge in [0.25, 0.3) is 0 Å². The van der Waals surface area contributed by atoms with Crippen molar-refractivity contribution in [2.45, 2.75) is 137 Å². The molecule has 0 saturated heterocycles. The minimum absolute atomic E-state index is 0.0410. The second-order valence-corrected chi connectivity index (χ2v) is 12.6. The minimum atomic E-state index is -0.0410. The first-order chi connectivity index (χ1) is 16.4. The number of hydrogen-bond acceptors (Lipinski definition) is 2. The van der Waals surface area contributed by atoms with Crippen LogP contribution in [-0.2, 0) is 36.5 Å². The highest BCUT2D eigenvalue weighted by Gasteiger charge is 2.22. The van der Waals surface area contributed by atoms with E-state index in [9.17, 15) is 10.2 Å². The molecule has 2 rings (SSSR count). The Morgan fingerprint density at radius 2 is 0.857 bits per heavy atom. The summed E-state index contributed by atoms with van der Waals surface area (Å²) in [7, 11) is 0. The van der Waals surface area contributed by atoms with Crippen LogP contribution in [0.25, 0.3) is 0 Å². The highest BCUT2D eigenvalue weighted by atomic mass is 16.3. The van der Waals surface area contributed by atoms with Gasteiger partial charge >= 0.3 is 0 Å². The van der Waals surface area contributed by atoms with Gasteiger partial charge < -0.3 is 10.2 Å². The lowest BCUT2D eigenvalue weighted by molar-refractivity contribution is 0.438. The molecule has 2 heteroatoms. The average molecular weight is 481 g/mol. The van der Waals surface area contributed by atoms with Crippen LogP contribution in [0, 0.1) is 0 Å². The van der Waals surface area contributed by atoms with Crippen molar-refractivity contribution in [3.8, 4) is 11.5 Å². The molecule has 0 aliphatic carbocycles. The van der Waals surface area contributed by atoms with Gasteiger partial charge in [-0.1, -0.05) is 112 Å². The molecule has 0 amide bonds. The van der Waals surface area contributed by atoms with E-state index in [0.717, 1.165) is 60.8 Å². The number of rotatable bonds is 12. The molecule has 35 heavy (non-hydrogen) atoms. The monoisotopic (exact) mass is 480 g/mol. The quantitative estimate of drug-likeness (QED) is 0.297. The maximum absolute atomic E-state index is 10.8. The van der Waals surface area contributed by atoms with E-state index in [4.69, 9.17) is 0 Å². The fraction of sp³-hybridized carbons (Fsp3) is 0.636. The lowest BCUT2D eigenvalue weighted by Crippen LogP contribution is -2.13. The summed E-state index contributed by atoms with van der Waals surface area (Å²) in [5, 5.41) is 21.5. The van der Waals surface area contributed by atoms with Crippen LogP contribution >= 0.6 is 0 Å². The van der Waals surface area contributed by atoms with E-state index < -0.39 is 0 Å². The van der Waals surface area contributed by atoms with Crippen molar-refractivity contribution in [1.82, 2.24) is 0 Å². The van der Waals surface area contributed by atoms with Crippen LogP contribution in [0.4, 0.5) is 0 Å². The molecule has 0 aliphatic rings. The predicted octanol–water partition coefficient (Wildman–Crippen LogP) is 9.33. The molecule has 2 nitrogen and oxygen atoms in total. The van der Waals surface area contributed by atoms with Gasteiger partial charge in [0.1, 0.15) is 11.5 Å². The molecule has 0 bridgehead atoms. The summed E-state index contributed by atoms with van der Waals surface area (Å²) in [5.74, 6) is 1.02. The molecule has 0 heterocycles. The van der Waals surface area contributed by atoms with Crippen molar-refractivity contribution < 1.29 is 10.2 Å². The van der Waals surface area contributed by atoms with Gasteiger partial charge in [0.2, 0.25) is 0 Å². The second-order valence-electron chi connectivity index (χ2n) is 12.6. The molecule has 0 fully saturated rings. The summed E-state index contributed by atoms with van der Waals surface area (Å²) in [6.45, 7) is 17.5. The van der Waals surface area contributed by atoms with Crippen molar-refractivity contribution in [2.75, 3.05) is 0 Å². The van der Waals surface area contributed by atoms with Crippen molar-refractivity contribution in [3.05, 3.63) is 57.6 Å². The second kappa shape index (κ2) is 12.8. The van der Waals surface area contributed by atoms with Crippen LogP contribution < -0.4 is 0 Å². The minimum Gasteiger partial charge on any atom is -0.507 e. The first-order valence-electron chi connectivity index (χ1n) is 14.1. The third-order valence-corrected chi connectivity index (χ3v) is 7.08. The molecular formula is C33H52O2. The van der Waals surface area contributed by atoms with E-state index in [1.54, 1.807) is 0 Å². The molecule has 0 radical (unpaired) electrons. The molecule has 0 unspecified atom stereocenters. The number of hydrogen-bond donors (Lipinski definition) is 2. The Hall–Kier alpha value is -1.96. The van der Waals surface area contributed by atoms with Crippen LogP contribution in [0.15, 0.2) is 24.3 Å². The van der Waals surface area contributed by atoms with E-state index in [2.05, 4.69) is 79.7 Å². The summed E-state index contributed by atoms with van der Waals surface area (Å²) in [4.78, 5) is 0. The molecule has 0 spiro atoms. The maximum Gasteiger partial charge on any atom is 0.122 e. The van der Waals surface area contributed by atoms with Gasteiger partial charge in [0.05, 0.1) is 0 Å². The topological polar surface area (TPSA) is 40.5 Å². The van der Waals surface area contributed by atoms with Gasteiger partial charge in [0, 0.05) is 0 Å². The molecule has 2 N–H and O–H groups in total. The van der Waals surface area contributed by atoms with Crippen molar-refractivity contribution in [3.63, 3.8) is 0 Å². The number of aryl methyl sites for hydroxylation is 4. The number of aromatic hydroxyl groups is 2. The molecular weight excluding hydrogens is 428 g/mol. The van der Waals surface area contributed by atoms with E-state index in [0.29, 0.717) is 11.5 Å². The Balaban J connectivity index is 1.89.